The summed E-state index contributed by atoms with van der Waals surface area (Å²) in [7, 11) is 4.24. The molecule has 0 aromatic carbocycles. The number of nitrogens with zero attached hydrogens (tertiary/aromatic N) is 2. The van der Waals surface area contributed by atoms with Gasteiger partial charge in [-0.2, -0.15) is 0 Å². The topological polar surface area (TPSA) is 26.7 Å². The molecule has 0 spiro atoms. The summed E-state index contributed by atoms with van der Waals surface area (Å²) < 4.78 is 0. The van der Waals surface area contributed by atoms with Gasteiger partial charge in [-0.1, -0.05) is 26.2 Å². The number of likely N-dealkylation sites (N-methyl/N-ethyl adjacent to an activating group) is 1. The fourth-order valence-corrected chi connectivity index (χ4v) is 2.75. The van der Waals surface area contributed by atoms with Crippen LogP contribution in [0.3, 0.4) is 0 Å². The van der Waals surface area contributed by atoms with Gasteiger partial charge in [0.05, 0.1) is 6.10 Å². The first kappa shape index (κ1) is 14.9. The van der Waals surface area contributed by atoms with Gasteiger partial charge in [-0.25, -0.2) is 0 Å². The minimum Gasteiger partial charge on any atom is -0.391 e. The van der Waals surface area contributed by atoms with E-state index in [0.29, 0.717) is 6.04 Å². The lowest BCUT2D eigenvalue weighted by Gasteiger charge is -2.34. The third-order valence-corrected chi connectivity index (χ3v) is 3.76. The first-order valence-electron chi connectivity index (χ1n) is 7.22. The maximum absolute atomic E-state index is 10.3. The molecule has 2 atom stereocenters. The lowest BCUT2D eigenvalue weighted by Crippen LogP contribution is -2.46. The van der Waals surface area contributed by atoms with Crippen LogP contribution in [0.15, 0.2) is 0 Å². The summed E-state index contributed by atoms with van der Waals surface area (Å²) in [6.07, 6.45) is 7.01. The Bertz CT molecular complexity index is 197. The first-order chi connectivity index (χ1) is 8.15. The molecule has 1 aliphatic carbocycles. The Labute approximate surface area is 107 Å². The molecule has 17 heavy (non-hydrogen) atoms. The fraction of sp³-hybridized carbons (Fsp3) is 1.00. The predicted molar refractivity (Wildman–Crippen MR) is 73.3 cm³/mol. The third-order valence-electron chi connectivity index (χ3n) is 3.76. The van der Waals surface area contributed by atoms with Crippen molar-refractivity contribution in [2.75, 3.05) is 33.7 Å². The second kappa shape index (κ2) is 8.06. The minimum atomic E-state index is -0.105. The van der Waals surface area contributed by atoms with Crippen LogP contribution >= 0.6 is 0 Å². The summed E-state index contributed by atoms with van der Waals surface area (Å²) >= 11 is 0. The molecule has 1 N–H and O–H groups in total. The summed E-state index contributed by atoms with van der Waals surface area (Å²) in [5.41, 5.74) is 0. The average Bonchev–Trinajstić information content (AvgIpc) is 2.49. The van der Waals surface area contributed by atoms with E-state index in [9.17, 15) is 5.11 Å². The van der Waals surface area contributed by atoms with Crippen LogP contribution in [0.25, 0.3) is 0 Å². The van der Waals surface area contributed by atoms with Crippen LogP contribution in [0.4, 0.5) is 0 Å². The van der Waals surface area contributed by atoms with Crippen molar-refractivity contribution in [1.82, 2.24) is 9.80 Å². The highest BCUT2D eigenvalue weighted by atomic mass is 16.3. The summed E-state index contributed by atoms with van der Waals surface area (Å²) in [5.74, 6) is 0. The van der Waals surface area contributed by atoms with Crippen molar-refractivity contribution in [3.63, 3.8) is 0 Å². The number of hydrogen-bond acceptors (Lipinski definition) is 3. The highest BCUT2D eigenvalue weighted by Gasteiger charge is 2.26. The van der Waals surface area contributed by atoms with Crippen LogP contribution in [0.1, 0.15) is 45.4 Å². The van der Waals surface area contributed by atoms with Crippen LogP contribution in [0.2, 0.25) is 0 Å². The monoisotopic (exact) mass is 242 g/mol. The number of hydrogen-bond donors (Lipinski definition) is 1. The summed E-state index contributed by atoms with van der Waals surface area (Å²) in [5, 5.41) is 10.3. The van der Waals surface area contributed by atoms with E-state index in [1.165, 1.54) is 32.1 Å². The molecule has 0 aliphatic heterocycles. The van der Waals surface area contributed by atoms with Gasteiger partial charge in [0.2, 0.25) is 0 Å². The lowest BCUT2D eigenvalue weighted by molar-refractivity contribution is 0.0407. The summed E-state index contributed by atoms with van der Waals surface area (Å²) in [4.78, 5) is 4.74. The Morgan fingerprint density at radius 2 is 1.71 bits per heavy atom. The van der Waals surface area contributed by atoms with Gasteiger partial charge in [-0.3, -0.25) is 4.90 Å². The molecule has 0 saturated heterocycles. The molecule has 0 amide bonds. The van der Waals surface area contributed by atoms with Gasteiger partial charge in [-0.15, -0.1) is 0 Å². The van der Waals surface area contributed by atoms with Crippen molar-refractivity contribution < 1.29 is 5.11 Å². The Balaban J connectivity index is 2.52. The zero-order valence-electron chi connectivity index (χ0n) is 11.9. The summed E-state index contributed by atoms with van der Waals surface area (Å²) in [6, 6.07) is 0.400. The van der Waals surface area contributed by atoms with Crippen LogP contribution in [0.5, 0.6) is 0 Å². The van der Waals surface area contributed by atoms with E-state index in [-0.39, 0.29) is 6.10 Å². The molecule has 0 radical (unpaired) electrons. The van der Waals surface area contributed by atoms with E-state index in [4.69, 9.17) is 0 Å². The van der Waals surface area contributed by atoms with Crippen LogP contribution in [0, 0.1) is 0 Å². The second-order valence-electron chi connectivity index (χ2n) is 5.61. The standard InChI is InChI=1S/C14H30N2O/c1-4-10-16(12-11-15(2)3)13-8-6-5-7-9-14(13)17/h13-14,17H,4-12H2,1-3H3. The van der Waals surface area contributed by atoms with Gasteiger partial charge in [0, 0.05) is 19.1 Å². The van der Waals surface area contributed by atoms with Crippen LogP contribution in [-0.4, -0.2) is 60.8 Å². The van der Waals surface area contributed by atoms with Gasteiger partial charge in [-0.05, 0) is 39.9 Å². The van der Waals surface area contributed by atoms with Gasteiger partial charge < -0.3 is 10.0 Å². The maximum atomic E-state index is 10.3. The van der Waals surface area contributed by atoms with E-state index < -0.39 is 0 Å². The minimum absolute atomic E-state index is 0.105. The van der Waals surface area contributed by atoms with E-state index in [2.05, 4.69) is 30.8 Å². The van der Waals surface area contributed by atoms with E-state index in [0.717, 1.165) is 26.1 Å². The first-order valence-corrected chi connectivity index (χ1v) is 7.22. The number of aliphatic hydroxyl groups excluding tert-OH is 1. The normalized spacial score (nSPS) is 26.5. The maximum Gasteiger partial charge on any atom is 0.0695 e. The molecule has 0 aromatic heterocycles. The smallest absolute Gasteiger partial charge is 0.0695 e. The lowest BCUT2D eigenvalue weighted by atomic mass is 10.0. The molecule has 1 rings (SSSR count). The average molecular weight is 242 g/mol. The molecule has 0 heterocycles. The highest BCUT2D eigenvalue weighted by Crippen LogP contribution is 2.22. The molecule has 2 unspecified atom stereocenters. The Kier molecular flexibility index (Phi) is 7.09. The van der Waals surface area contributed by atoms with Gasteiger partial charge in [0.15, 0.2) is 0 Å². The molecule has 1 fully saturated rings. The van der Waals surface area contributed by atoms with Crippen LogP contribution < -0.4 is 0 Å². The van der Waals surface area contributed by atoms with Gasteiger partial charge >= 0.3 is 0 Å². The molecule has 3 heteroatoms. The SMILES string of the molecule is CCCN(CCN(C)C)C1CCCCCC1O. The van der Waals surface area contributed by atoms with E-state index in [1.807, 2.05) is 0 Å². The van der Waals surface area contributed by atoms with Crippen molar-refractivity contribution in [3.05, 3.63) is 0 Å². The van der Waals surface area contributed by atoms with Gasteiger partial charge in [0.25, 0.3) is 0 Å². The molecule has 3 nitrogen and oxygen atoms in total. The molecular formula is C14H30N2O. The molecular weight excluding hydrogens is 212 g/mol. The van der Waals surface area contributed by atoms with Crippen molar-refractivity contribution >= 4 is 0 Å². The Hall–Kier alpha value is -0.120. The molecule has 102 valence electrons. The van der Waals surface area contributed by atoms with Crippen LogP contribution in [-0.2, 0) is 0 Å². The van der Waals surface area contributed by atoms with E-state index in [1.54, 1.807) is 0 Å². The largest absolute Gasteiger partial charge is 0.391 e. The van der Waals surface area contributed by atoms with Crippen molar-refractivity contribution in [1.29, 1.82) is 0 Å². The van der Waals surface area contributed by atoms with Gasteiger partial charge in [0.1, 0.15) is 0 Å². The van der Waals surface area contributed by atoms with Crippen molar-refractivity contribution in [3.8, 4) is 0 Å². The zero-order valence-corrected chi connectivity index (χ0v) is 11.9. The fourth-order valence-electron chi connectivity index (χ4n) is 2.75. The number of aliphatic hydroxyl groups is 1. The Morgan fingerprint density at radius 1 is 1.00 bits per heavy atom. The molecule has 1 saturated carbocycles. The Morgan fingerprint density at radius 3 is 2.35 bits per heavy atom. The molecule has 0 aromatic rings. The highest BCUT2D eigenvalue weighted by molar-refractivity contribution is 4.82. The zero-order chi connectivity index (χ0) is 12.7. The molecule has 0 bridgehead atoms. The van der Waals surface area contributed by atoms with E-state index >= 15 is 0 Å². The van der Waals surface area contributed by atoms with Crippen molar-refractivity contribution in [2.45, 2.75) is 57.6 Å². The quantitative estimate of drug-likeness (QED) is 0.721. The third kappa shape index (κ3) is 5.36. The molecule has 1 aliphatic rings. The van der Waals surface area contributed by atoms with Crippen molar-refractivity contribution in [2.24, 2.45) is 0 Å². The second-order valence-corrected chi connectivity index (χ2v) is 5.61. The summed E-state index contributed by atoms with van der Waals surface area (Å²) in [6.45, 7) is 5.52. The predicted octanol–water partition coefficient (Wildman–Crippen LogP) is 1.95. The number of rotatable bonds is 6.